The number of hydrogen-bond acceptors (Lipinski definition) is 3. The van der Waals surface area contributed by atoms with Gasteiger partial charge in [0, 0.05) is 5.39 Å². The molecule has 1 aromatic heterocycles. The van der Waals surface area contributed by atoms with Crippen molar-refractivity contribution in [3.63, 3.8) is 0 Å². The van der Waals surface area contributed by atoms with Crippen LogP contribution in [0.3, 0.4) is 0 Å². The molecule has 0 unspecified atom stereocenters. The van der Waals surface area contributed by atoms with E-state index in [1.165, 1.54) is 0 Å². The Hall–Kier alpha value is -2.27. The number of rotatable bonds is 4. The summed E-state index contributed by atoms with van der Waals surface area (Å²) < 4.78 is 11.9. The third-order valence-electron chi connectivity index (χ3n) is 3.10. The Morgan fingerprint density at radius 1 is 1.14 bits per heavy atom. The van der Waals surface area contributed by atoms with Gasteiger partial charge in [0.1, 0.15) is 17.9 Å². The quantitative estimate of drug-likeness (QED) is 0.756. The molecule has 0 amide bonds. The lowest BCUT2D eigenvalue weighted by Crippen LogP contribution is -2.03. The smallest absolute Gasteiger partial charge is 0.372 e. The van der Waals surface area contributed by atoms with Crippen molar-refractivity contribution in [1.82, 2.24) is 0 Å². The zero-order valence-electron chi connectivity index (χ0n) is 10.9. The van der Waals surface area contributed by atoms with E-state index in [1.54, 1.807) is 12.1 Å². The highest BCUT2D eigenvalue weighted by molar-refractivity contribution is 9.10. The van der Waals surface area contributed by atoms with Gasteiger partial charge in [0.05, 0.1) is 10.0 Å². The van der Waals surface area contributed by atoms with Gasteiger partial charge in [0.15, 0.2) is 0 Å². The summed E-state index contributed by atoms with van der Waals surface area (Å²) >= 11 is 3.39. The van der Waals surface area contributed by atoms with Crippen molar-refractivity contribution in [2.75, 3.05) is 0 Å². The van der Waals surface area contributed by atoms with Crippen molar-refractivity contribution in [3.8, 4) is 5.75 Å². The number of furan rings is 1. The number of halogens is 1. The van der Waals surface area contributed by atoms with Crippen molar-refractivity contribution in [2.45, 2.75) is 6.61 Å². The topological polar surface area (TPSA) is 59.7 Å². The van der Waals surface area contributed by atoms with E-state index in [1.807, 2.05) is 36.4 Å². The van der Waals surface area contributed by atoms with E-state index in [2.05, 4.69) is 15.9 Å². The number of carboxylic acid groups (broad SMARTS) is 1. The molecule has 1 heterocycles. The summed E-state index contributed by atoms with van der Waals surface area (Å²) in [6.07, 6.45) is 0. The number of hydrogen-bond donors (Lipinski definition) is 1. The Kier molecular flexibility index (Phi) is 3.66. The van der Waals surface area contributed by atoms with Gasteiger partial charge >= 0.3 is 5.97 Å². The minimum atomic E-state index is -1.10. The number of para-hydroxylation sites is 2. The fraction of sp³-hybridized carbons (Fsp3) is 0.0625. The molecule has 0 aliphatic carbocycles. The molecule has 0 bridgehead atoms. The molecule has 0 saturated carbocycles. The molecule has 1 N–H and O–H groups in total. The molecule has 0 spiro atoms. The molecule has 0 fully saturated rings. The van der Waals surface area contributed by atoms with Gasteiger partial charge in [-0.2, -0.15) is 0 Å². The second-order valence-corrected chi connectivity index (χ2v) is 5.28. The summed E-state index contributed by atoms with van der Waals surface area (Å²) in [5, 5.41) is 10.0. The van der Waals surface area contributed by atoms with Crippen molar-refractivity contribution in [3.05, 3.63) is 64.3 Å². The van der Waals surface area contributed by atoms with Crippen LogP contribution in [0.2, 0.25) is 0 Å². The van der Waals surface area contributed by atoms with E-state index in [9.17, 15) is 9.90 Å². The van der Waals surface area contributed by atoms with Crippen LogP contribution < -0.4 is 4.74 Å². The van der Waals surface area contributed by atoms with Crippen LogP contribution in [0, 0.1) is 0 Å². The molecular weight excluding hydrogens is 336 g/mol. The van der Waals surface area contributed by atoms with Gasteiger partial charge in [-0.1, -0.05) is 30.3 Å². The summed E-state index contributed by atoms with van der Waals surface area (Å²) in [6.45, 7) is 0.126. The molecule has 0 aliphatic rings. The molecule has 0 aliphatic heterocycles. The number of carbonyl (C=O) groups is 1. The second-order valence-electron chi connectivity index (χ2n) is 4.43. The van der Waals surface area contributed by atoms with E-state index >= 15 is 0 Å². The monoisotopic (exact) mass is 346 g/mol. The molecule has 2 aromatic carbocycles. The Balaban J connectivity index is 1.98. The fourth-order valence-corrected chi connectivity index (χ4v) is 2.53. The maximum absolute atomic E-state index is 11.3. The fourth-order valence-electron chi connectivity index (χ4n) is 2.13. The maximum atomic E-state index is 11.3. The number of fused-ring (bicyclic) bond motifs is 1. The van der Waals surface area contributed by atoms with Gasteiger partial charge in [0.2, 0.25) is 5.76 Å². The first-order valence-electron chi connectivity index (χ1n) is 6.28. The van der Waals surface area contributed by atoms with Crippen LogP contribution in [0.15, 0.2) is 57.4 Å². The van der Waals surface area contributed by atoms with E-state index in [0.717, 1.165) is 9.86 Å². The Labute approximate surface area is 129 Å². The van der Waals surface area contributed by atoms with Crippen LogP contribution in [0.1, 0.15) is 16.1 Å². The first-order chi connectivity index (χ1) is 10.2. The summed E-state index contributed by atoms with van der Waals surface area (Å²) in [5.41, 5.74) is 1.08. The van der Waals surface area contributed by atoms with E-state index in [0.29, 0.717) is 16.9 Å². The molecule has 4 nitrogen and oxygen atoms in total. The molecule has 0 radical (unpaired) electrons. The van der Waals surface area contributed by atoms with Crippen molar-refractivity contribution in [2.24, 2.45) is 0 Å². The van der Waals surface area contributed by atoms with Crippen molar-refractivity contribution >= 4 is 32.9 Å². The molecule has 106 valence electrons. The van der Waals surface area contributed by atoms with Crippen molar-refractivity contribution < 1.29 is 19.1 Å². The minimum absolute atomic E-state index is 0.0803. The molecule has 0 saturated heterocycles. The van der Waals surface area contributed by atoms with Gasteiger partial charge in [-0.25, -0.2) is 4.79 Å². The molecule has 0 atom stereocenters. The summed E-state index contributed by atoms with van der Waals surface area (Å²) in [5.74, 6) is -0.528. The zero-order chi connectivity index (χ0) is 14.8. The van der Waals surface area contributed by atoms with Crippen LogP contribution in [-0.2, 0) is 6.61 Å². The van der Waals surface area contributed by atoms with Crippen molar-refractivity contribution in [1.29, 1.82) is 0 Å². The minimum Gasteiger partial charge on any atom is -0.488 e. The first kappa shape index (κ1) is 13.7. The highest BCUT2D eigenvalue weighted by Gasteiger charge is 2.20. The van der Waals surface area contributed by atoms with Gasteiger partial charge < -0.3 is 14.3 Å². The Morgan fingerprint density at radius 2 is 1.86 bits per heavy atom. The van der Waals surface area contributed by atoms with Crippen LogP contribution in [0.25, 0.3) is 11.0 Å². The Bertz CT molecular complexity index is 807. The van der Waals surface area contributed by atoms with Crippen LogP contribution in [0.5, 0.6) is 5.75 Å². The Morgan fingerprint density at radius 3 is 2.62 bits per heavy atom. The van der Waals surface area contributed by atoms with E-state index in [4.69, 9.17) is 9.15 Å². The normalized spacial score (nSPS) is 10.7. The highest BCUT2D eigenvalue weighted by atomic mass is 79.9. The van der Waals surface area contributed by atoms with Crippen LogP contribution >= 0.6 is 15.9 Å². The average Bonchev–Trinajstić information content (AvgIpc) is 2.85. The van der Waals surface area contributed by atoms with Gasteiger partial charge in [0.25, 0.3) is 0 Å². The number of benzene rings is 2. The number of carboxylic acids is 1. The molecule has 3 rings (SSSR count). The summed E-state index contributed by atoms with van der Waals surface area (Å²) in [6, 6.07) is 14.6. The second kappa shape index (κ2) is 5.61. The highest BCUT2D eigenvalue weighted by Crippen LogP contribution is 2.29. The first-order valence-corrected chi connectivity index (χ1v) is 7.07. The molecule has 21 heavy (non-hydrogen) atoms. The predicted molar refractivity (Wildman–Crippen MR) is 81.6 cm³/mol. The molecular formula is C16H11BrO4. The summed E-state index contributed by atoms with van der Waals surface area (Å²) in [4.78, 5) is 11.3. The standard InChI is InChI=1S/C16H11BrO4/c17-12-6-2-4-8-14(12)20-9-11-10-5-1-3-7-13(10)21-15(11)16(18)19/h1-8H,9H2,(H,18,19). The maximum Gasteiger partial charge on any atom is 0.372 e. The third-order valence-corrected chi connectivity index (χ3v) is 3.76. The van der Waals surface area contributed by atoms with Crippen LogP contribution in [0.4, 0.5) is 0 Å². The largest absolute Gasteiger partial charge is 0.488 e. The lowest BCUT2D eigenvalue weighted by atomic mass is 10.1. The van der Waals surface area contributed by atoms with Gasteiger partial charge in [-0.3, -0.25) is 0 Å². The third kappa shape index (κ3) is 2.64. The van der Waals surface area contributed by atoms with E-state index in [-0.39, 0.29) is 12.4 Å². The predicted octanol–water partition coefficient (Wildman–Crippen LogP) is 4.47. The lowest BCUT2D eigenvalue weighted by molar-refractivity contribution is 0.0661. The number of ether oxygens (including phenoxy) is 1. The van der Waals surface area contributed by atoms with Gasteiger partial charge in [-0.05, 0) is 34.1 Å². The average molecular weight is 347 g/mol. The molecule has 3 aromatic rings. The van der Waals surface area contributed by atoms with Gasteiger partial charge in [-0.15, -0.1) is 0 Å². The van der Waals surface area contributed by atoms with Crippen LogP contribution in [-0.4, -0.2) is 11.1 Å². The lowest BCUT2D eigenvalue weighted by Gasteiger charge is -2.07. The SMILES string of the molecule is O=C(O)c1oc2ccccc2c1COc1ccccc1Br. The summed E-state index contributed by atoms with van der Waals surface area (Å²) in [7, 11) is 0. The zero-order valence-corrected chi connectivity index (χ0v) is 12.5. The van der Waals surface area contributed by atoms with E-state index < -0.39 is 5.97 Å². The number of aromatic carboxylic acids is 1. The molecule has 5 heteroatoms.